The molecular formula is C15H20ClNO3. The van der Waals surface area contributed by atoms with Gasteiger partial charge < -0.3 is 15.2 Å². The molecule has 1 fully saturated rings. The van der Waals surface area contributed by atoms with Gasteiger partial charge in [-0.15, -0.1) is 0 Å². The van der Waals surface area contributed by atoms with Crippen molar-refractivity contribution < 1.29 is 14.6 Å². The molecule has 1 heterocycles. The van der Waals surface area contributed by atoms with Crippen molar-refractivity contribution >= 4 is 17.5 Å². The molecular weight excluding hydrogens is 278 g/mol. The number of ether oxygens (including phenoxy) is 1. The predicted octanol–water partition coefficient (Wildman–Crippen LogP) is 2.30. The quantitative estimate of drug-likeness (QED) is 0.896. The van der Waals surface area contributed by atoms with Gasteiger partial charge in [0.2, 0.25) is 5.91 Å². The minimum Gasteiger partial charge on any atom is -0.386 e. The highest BCUT2D eigenvalue weighted by Gasteiger charge is 2.32. The van der Waals surface area contributed by atoms with E-state index in [0.717, 1.165) is 12.0 Å². The molecule has 5 heteroatoms. The van der Waals surface area contributed by atoms with Crippen LogP contribution in [0.3, 0.4) is 0 Å². The number of carbonyl (C=O) groups excluding carboxylic acids is 1. The average molecular weight is 298 g/mol. The lowest BCUT2D eigenvalue weighted by Crippen LogP contribution is -2.42. The number of hydrogen-bond donors (Lipinski definition) is 2. The van der Waals surface area contributed by atoms with Crippen LogP contribution in [0.2, 0.25) is 5.02 Å². The van der Waals surface area contributed by atoms with Crippen molar-refractivity contribution in [1.29, 1.82) is 0 Å². The highest BCUT2D eigenvalue weighted by atomic mass is 35.5. The van der Waals surface area contributed by atoms with Crippen molar-refractivity contribution in [1.82, 2.24) is 5.32 Å². The third kappa shape index (κ3) is 3.51. The number of rotatable bonds is 4. The summed E-state index contributed by atoms with van der Waals surface area (Å²) in [5.74, 6) is -0.189. The number of aliphatic hydroxyl groups excluding tert-OH is 1. The first-order valence-electron chi connectivity index (χ1n) is 6.84. The fourth-order valence-corrected chi connectivity index (χ4v) is 2.56. The second-order valence-electron chi connectivity index (χ2n) is 5.26. The minimum absolute atomic E-state index is 0.0597. The molecule has 0 aromatic heterocycles. The molecule has 0 aliphatic carbocycles. The molecule has 1 amide bonds. The first-order chi connectivity index (χ1) is 9.49. The fraction of sp³-hybridized carbons (Fsp3) is 0.533. The molecule has 0 saturated carbocycles. The van der Waals surface area contributed by atoms with Gasteiger partial charge in [-0.2, -0.15) is 0 Å². The standard InChI is InChI=1S/C15H20ClNO3/c1-9(14(18)11-3-5-12(16)6-4-11)17-15(19)13-7-8-20-10(13)2/h3-6,9-10,13-14,18H,7-8H2,1-2H3,(H,17,19). The van der Waals surface area contributed by atoms with E-state index in [9.17, 15) is 9.90 Å². The number of halogens is 1. The average Bonchev–Trinajstić information content (AvgIpc) is 2.85. The lowest BCUT2D eigenvalue weighted by Gasteiger charge is -2.23. The summed E-state index contributed by atoms with van der Waals surface area (Å²) in [5, 5.41) is 13.7. The Hall–Kier alpha value is -1.10. The van der Waals surface area contributed by atoms with Crippen molar-refractivity contribution in [3.8, 4) is 0 Å². The van der Waals surface area contributed by atoms with Gasteiger partial charge in [0.1, 0.15) is 0 Å². The molecule has 1 saturated heterocycles. The second kappa shape index (κ2) is 6.57. The van der Waals surface area contributed by atoms with E-state index in [1.54, 1.807) is 31.2 Å². The van der Waals surface area contributed by atoms with Gasteiger partial charge in [0.05, 0.1) is 24.2 Å². The third-order valence-corrected chi connectivity index (χ3v) is 4.02. The number of nitrogens with one attached hydrogen (secondary N) is 1. The lowest BCUT2D eigenvalue weighted by atomic mass is 9.99. The van der Waals surface area contributed by atoms with Crippen molar-refractivity contribution in [2.45, 2.75) is 38.5 Å². The van der Waals surface area contributed by atoms with Gasteiger partial charge in [-0.05, 0) is 38.0 Å². The maximum absolute atomic E-state index is 12.1. The van der Waals surface area contributed by atoms with Gasteiger partial charge in [-0.25, -0.2) is 0 Å². The Bertz CT molecular complexity index is 463. The largest absolute Gasteiger partial charge is 0.386 e. The number of aliphatic hydroxyl groups is 1. The van der Waals surface area contributed by atoms with Crippen LogP contribution in [0.1, 0.15) is 31.9 Å². The molecule has 1 aromatic rings. The molecule has 2 N–H and O–H groups in total. The molecule has 1 aromatic carbocycles. The summed E-state index contributed by atoms with van der Waals surface area (Å²) < 4.78 is 5.39. The van der Waals surface area contributed by atoms with Crippen LogP contribution in [0.15, 0.2) is 24.3 Å². The van der Waals surface area contributed by atoms with Crippen LogP contribution in [-0.2, 0) is 9.53 Å². The summed E-state index contributed by atoms with van der Waals surface area (Å²) in [5.41, 5.74) is 0.734. The number of carbonyl (C=O) groups is 1. The Morgan fingerprint density at radius 1 is 1.45 bits per heavy atom. The van der Waals surface area contributed by atoms with Crippen molar-refractivity contribution in [3.05, 3.63) is 34.9 Å². The normalized spacial score (nSPS) is 25.2. The highest BCUT2D eigenvalue weighted by molar-refractivity contribution is 6.30. The van der Waals surface area contributed by atoms with Gasteiger partial charge in [0.15, 0.2) is 0 Å². The lowest BCUT2D eigenvalue weighted by molar-refractivity contribution is -0.127. The molecule has 110 valence electrons. The van der Waals surface area contributed by atoms with Crippen LogP contribution in [-0.4, -0.2) is 29.8 Å². The van der Waals surface area contributed by atoms with Gasteiger partial charge in [-0.3, -0.25) is 4.79 Å². The zero-order valence-corrected chi connectivity index (χ0v) is 12.4. The molecule has 4 unspecified atom stereocenters. The van der Waals surface area contributed by atoms with E-state index in [4.69, 9.17) is 16.3 Å². The Labute approximate surface area is 124 Å². The molecule has 1 aliphatic heterocycles. The molecule has 0 radical (unpaired) electrons. The van der Waals surface area contributed by atoms with Crippen molar-refractivity contribution in [2.75, 3.05) is 6.61 Å². The summed E-state index contributed by atoms with van der Waals surface area (Å²) in [6.45, 7) is 4.31. The summed E-state index contributed by atoms with van der Waals surface area (Å²) >= 11 is 5.82. The fourth-order valence-electron chi connectivity index (χ4n) is 2.44. The third-order valence-electron chi connectivity index (χ3n) is 3.77. The van der Waals surface area contributed by atoms with Gasteiger partial charge in [0, 0.05) is 11.6 Å². The van der Waals surface area contributed by atoms with Crippen LogP contribution in [0.25, 0.3) is 0 Å². The van der Waals surface area contributed by atoms with Crippen LogP contribution < -0.4 is 5.32 Å². The van der Waals surface area contributed by atoms with Crippen molar-refractivity contribution in [2.24, 2.45) is 5.92 Å². The zero-order chi connectivity index (χ0) is 14.7. The summed E-state index contributed by atoms with van der Waals surface area (Å²) in [6, 6.07) is 6.60. The van der Waals surface area contributed by atoms with Crippen molar-refractivity contribution in [3.63, 3.8) is 0 Å². The number of hydrogen-bond acceptors (Lipinski definition) is 3. The summed E-state index contributed by atoms with van der Waals surface area (Å²) in [7, 11) is 0. The first-order valence-corrected chi connectivity index (χ1v) is 7.22. The molecule has 0 spiro atoms. The SMILES string of the molecule is CC(NC(=O)C1CCOC1C)C(O)c1ccc(Cl)cc1. The minimum atomic E-state index is -0.756. The van der Waals surface area contributed by atoms with Gasteiger partial charge in [-0.1, -0.05) is 23.7 Å². The van der Waals surface area contributed by atoms with E-state index in [1.165, 1.54) is 0 Å². The topological polar surface area (TPSA) is 58.6 Å². The molecule has 1 aliphatic rings. The van der Waals surface area contributed by atoms with Gasteiger partial charge in [0.25, 0.3) is 0 Å². The van der Waals surface area contributed by atoms with Crippen LogP contribution in [0.4, 0.5) is 0 Å². The van der Waals surface area contributed by atoms with Crippen LogP contribution in [0.5, 0.6) is 0 Å². The van der Waals surface area contributed by atoms with Crippen LogP contribution in [0, 0.1) is 5.92 Å². The summed E-state index contributed by atoms with van der Waals surface area (Å²) in [4.78, 5) is 12.1. The van der Waals surface area contributed by atoms with E-state index in [-0.39, 0.29) is 24.0 Å². The van der Waals surface area contributed by atoms with E-state index in [2.05, 4.69) is 5.32 Å². The molecule has 20 heavy (non-hydrogen) atoms. The predicted molar refractivity (Wildman–Crippen MR) is 77.5 cm³/mol. The van der Waals surface area contributed by atoms with E-state index in [0.29, 0.717) is 11.6 Å². The van der Waals surface area contributed by atoms with Crippen LogP contribution >= 0.6 is 11.6 Å². The maximum Gasteiger partial charge on any atom is 0.226 e. The molecule has 2 rings (SSSR count). The van der Waals surface area contributed by atoms with Gasteiger partial charge >= 0.3 is 0 Å². The Morgan fingerprint density at radius 2 is 2.10 bits per heavy atom. The zero-order valence-electron chi connectivity index (χ0n) is 11.7. The maximum atomic E-state index is 12.1. The molecule has 0 bridgehead atoms. The molecule has 4 atom stereocenters. The monoisotopic (exact) mass is 297 g/mol. The van der Waals surface area contributed by atoms with E-state index < -0.39 is 6.10 Å². The Kier molecular flexibility index (Phi) is 5.02. The first kappa shape index (κ1) is 15.3. The Balaban J connectivity index is 1.95. The van der Waals surface area contributed by atoms with E-state index in [1.807, 2.05) is 6.92 Å². The summed E-state index contributed by atoms with van der Waals surface area (Å²) in [6.07, 6.45) is -0.0831. The Morgan fingerprint density at radius 3 is 2.65 bits per heavy atom. The second-order valence-corrected chi connectivity index (χ2v) is 5.70. The highest BCUT2D eigenvalue weighted by Crippen LogP contribution is 2.23. The number of benzene rings is 1. The molecule has 4 nitrogen and oxygen atoms in total. The smallest absolute Gasteiger partial charge is 0.226 e. The van der Waals surface area contributed by atoms with E-state index >= 15 is 0 Å². The number of amides is 1.